The standard InChI is InChI=1S/C17H25FN4O3.C11H10.C8H18N2O2/c1-22(11-23)15(10-12-5-7-13(18)8-6-12)17(25)21-14(16(20)24)4-2-3-9-19;1-9-6-7-10-4-2-3-5-11(10)8-9;1-3-7(9)5-12-6-8(11)10-4-2/h5-8,11,14-15H,2-4,9-10,19H2,1H3,(H2,20,24)(H,21,25);2-8H,1H3;7H,3-6,9H2,1-2H3,(H,10,11). The number of primary amides is 1. The Hall–Kier alpha value is -4.39. The largest absolute Gasteiger partial charge is 0.370 e. The minimum absolute atomic E-state index is 0.0411. The second-order valence-corrected chi connectivity index (χ2v) is 11.4. The predicted molar refractivity (Wildman–Crippen MR) is 188 cm³/mol. The molecule has 3 atom stereocenters. The van der Waals surface area contributed by atoms with Crippen molar-refractivity contribution in [2.45, 2.75) is 71.0 Å². The summed E-state index contributed by atoms with van der Waals surface area (Å²) < 4.78 is 18.1. The molecule has 3 rings (SSSR count). The number of aryl methyl sites for hydroxylation is 1. The number of hydrogen-bond donors (Lipinski definition) is 5. The zero-order chi connectivity index (χ0) is 35.9. The normalized spacial score (nSPS) is 12.2. The highest BCUT2D eigenvalue weighted by Crippen LogP contribution is 2.14. The van der Waals surface area contributed by atoms with E-state index in [9.17, 15) is 23.6 Å². The Morgan fingerprint density at radius 3 is 2.25 bits per heavy atom. The van der Waals surface area contributed by atoms with Crippen LogP contribution in [0.15, 0.2) is 66.7 Å². The summed E-state index contributed by atoms with van der Waals surface area (Å²) in [7, 11) is 1.47. The first kappa shape index (κ1) is 41.6. The number of ether oxygens (including phenoxy) is 1. The van der Waals surface area contributed by atoms with Crippen molar-refractivity contribution in [3.63, 3.8) is 0 Å². The molecule has 11 nitrogen and oxygen atoms in total. The molecule has 8 N–H and O–H groups in total. The van der Waals surface area contributed by atoms with Gasteiger partial charge in [-0.15, -0.1) is 0 Å². The quantitative estimate of drug-likeness (QED) is 0.108. The smallest absolute Gasteiger partial charge is 0.245 e. The Balaban J connectivity index is 0.000000412. The van der Waals surface area contributed by atoms with Crippen LogP contribution in [-0.2, 0) is 30.3 Å². The van der Waals surface area contributed by atoms with Crippen molar-refractivity contribution in [1.29, 1.82) is 0 Å². The average Bonchev–Trinajstić information content (AvgIpc) is 3.07. The van der Waals surface area contributed by atoms with Gasteiger partial charge < -0.3 is 37.5 Å². The van der Waals surface area contributed by atoms with Gasteiger partial charge in [0.1, 0.15) is 24.5 Å². The van der Waals surface area contributed by atoms with Crippen molar-refractivity contribution in [3.05, 3.63) is 83.7 Å². The number of nitrogens with one attached hydrogen (secondary N) is 2. The van der Waals surface area contributed by atoms with Gasteiger partial charge in [0.2, 0.25) is 24.1 Å². The van der Waals surface area contributed by atoms with Crippen LogP contribution in [-0.4, -0.2) is 80.5 Å². The Morgan fingerprint density at radius 1 is 1.00 bits per heavy atom. The minimum atomic E-state index is -0.834. The first-order valence-corrected chi connectivity index (χ1v) is 16.2. The average molecular weight is 669 g/mol. The van der Waals surface area contributed by atoms with E-state index in [4.69, 9.17) is 21.9 Å². The van der Waals surface area contributed by atoms with E-state index in [2.05, 4.69) is 60.0 Å². The minimum Gasteiger partial charge on any atom is -0.370 e. The van der Waals surface area contributed by atoms with E-state index < -0.39 is 23.9 Å². The van der Waals surface area contributed by atoms with Crippen LogP contribution in [0.3, 0.4) is 0 Å². The van der Waals surface area contributed by atoms with E-state index in [0.717, 1.165) is 6.42 Å². The molecular formula is C36H53FN6O5. The molecule has 0 aliphatic carbocycles. The van der Waals surface area contributed by atoms with Crippen molar-refractivity contribution in [2.75, 3.05) is 33.4 Å². The van der Waals surface area contributed by atoms with E-state index in [0.29, 0.717) is 50.9 Å². The molecule has 0 saturated carbocycles. The van der Waals surface area contributed by atoms with E-state index in [1.54, 1.807) is 12.1 Å². The number of benzene rings is 3. The molecule has 0 aromatic heterocycles. The highest BCUT2D eigenvalue weighted by Gasteiger charge is 2.27. The second-order valence-electron chi connectivity index (χ2n) is 11.4. The number of carbonyl (C=O) groups is 4. The van der Waals surface area contributed by atoms with Crippen molar-refractivity contribution >= 4 is 34.9 Å². The number of nitrogens with two attached hydrogens (primary N) is 3. The highest BCUT2D eigenvalue weighted by molar-refractivity contribution is 5.90. The van der Waals surface area contributed by atoms with Crippen LogP contribution in [0.1, 0.15) is 50.7 Å². The molecule has 0 aliphatic heterocycles. The zero-order valence-corrected chi connectivity index (χ0v) is 28.6. The summed E-state index contributed by atoms with van der Waals surface area (Å²) in [5.74, 6) is -1.60. The fraction of sp³-hybridized carbons (Fsp3) is 0.444. The molecule has 0 fully saturated rings. The van der Waals surface area contributed by atoms with Crippen LogP contribution in [0, 0.1) is 12.7 Å². The van der Waals surface area contributed by atoms with Crippen LogP contribution in [0.5, 0.6) is 0 Å². The molecule has 0 aliphatic rings. The molecule has 264 valence electrons. The Morgan fingerprint density at radius 2 is 1.67 bits per heavy atom. The number of amides is 4. The molecule has 0 radical (unpaired) electrons. The highest BCUT2D eigenvalue weighted by atomic mass is 19.1. The lowest BCUT2D eigenvalue weighted by Crippen LogP contribution is -2.52. The third-order valence-electron chi connectivity index (χ3n) is 7.28. The molecule has 3 aromatic rings. The molecule has 0 bridgehead atoms. The van der Waals surface area contributed by atoms with Crippen molar-refractivity contribution in [3.8, 4) is 0 Å². The Bertz CT molecular complexity index is 1390. The van der Waals surface area contributed by atoms with Gasteiger partial charge in [0, 0.05) is 26.1 Å². The monoisotopic (exact) mass is 668 g/mol. The first-order valence-electron chi connectivity index (χ1n) is 16.2. The molecule has 0 heterocycles. The van der Waals surface area contributed by atoms with Gasteiger partial charge in [-0.25, -0.2) is 4.39 Å². The number of halogens is 1. The van der Waals surface area contributed by atoms with E-state index in [1.165, 1.54) is 40.4 Å². The van der Waals surface area contributed by atoms with Crippen molar-refractivity contribution < 1.29 is 28.3 Å². The van der Waals surface area contributed by atoms with Gasteiger partial charge in [-0.3, -0.25) is 19.2 Å². The molecular weight excluding hydrogens is 615 g/mol. The van der Waals surface area contributed by atoms with Crippen molar-refractivity contribution in [1.82, 2.24) is 15.5 Å². The van der Waals surface area contributed by atoms with Gasteiger partial charge in [-0.05, 0) is 74.5 Å². The fourth-order valence-corrected chi connectivity index (χ4v) is 4.36. The maximum absolute atomic E-state index is 13.0. The molecule has 3 unspecified atom stereocenters. The first-order chi connectivity index (χ1) is 22.9. The van der Waals surface area contributed by atoms with Crippen LogP contribution in [0.2, 0.25) is 0 Å². The van der Waals surface area contributed by atoms with Crippen molar-refractivity contribution in [2.24, 2.45) is 17.2 Å². The molecule has 3 aromatic carbocycles. The van der Waals surface area contributed by atoms with E-state index in [1.807, 2.05) is 13.8 Å². The number of nitrogens with zero attached hydrogens (tertiary/aromatic N) is 1. The van der Waals surface area contributed by atoms with Gasteiger partial charge in [0.05, 0.1) is 6.61 Å². The Labute approximate surface area is 283 Å². The number of rotatable bonds is 17. The van der Waals surface area contributed by atoms with E-state index >= 15 is 0 Å². The summed E-state index contributed by atoms with van der Waals surface area (Å²) in [6, 6.07) is 18.9. The second kappa shape index (κ2) is 23.9. The van der Waals surface area contributed by atoms with Gasteiger partial charge >= 0.3 is 0 Å². The van der Waals surface area contributed by atoms with Crippen LogP contribution in [0.4, 0.5) is 4.39 Å². The molecule has 48 heavy (non-hydrogen) atoms. The maximum Gasteiger partial charge on any atom is 0.245 e. The van der Waals surface area contributed by atoms with Gasteiger partial charge in [-0.1, -0.05) is 67.1 Å². The zero-order valence-electron chi connectivity index (χ0n) is 28.6. The summed E-state index contributed by atoms with van der Waals surface area (Å²) in [6.45, 7) is 7.67. The Kier molecular flexibility index (Phi) is 20.7. The van der Waals surface area contributed by atoms with Crippen LogP contribution < -0.4 is 27.8 Å². The topological polar surface area (TPSA) is 183 Å². The third-order valence-corrected chi connectivity index (χ3v) is 7.28. The molecule has 4 amide bonds. The lowest BCUT2D eigenvalue weighted by atomic mass is 10.0. The van der Waals surface area contributed by atoms with Crippen LogP contribution in [0.25, 0.3) is 10.8 Å². The lowest BCUT2D eigenvalue weighted by molar-refractivity contribution is -0.134. The lowest BCUT2D eigenvalue weighted by Gasteiger charge is -2.26. The molecule has 0 spiro atoms. The van der Waals surface area contributed by atoms with Crippen LogP contribution >= 0.6 is 0 Å². The summed E-state index contributed by atoms with van der Waals surface area (Å²) in [4.78, 5) is 47.2. The summed E-state index contributed by atoms with van der Waals surface area (Å²) in [5, 5.41) is 7.87. The summed E-state index contributed by atoms with van der Waals surface area (Å²) in [6.07, 6.45) is 3.34. The fourth-order valence-electron chi connectivity index (χ4n) is 4.36. The number of hydrogen-bond acceptors (Lipinski definition) is 7. The number of fused-ring (bicyclic) bond motifs is 1. The molecule has 12 heteroatoms. The number of carbonyl (C=O) groups excluding carboxylic acids is 4. The summed E-state index contributed by atoms with van der Waals surface area (Å²) in [5.41, 5.74) is 18.3. The number of likely N-dealkylation sites (N-methyl/N-ethyl adjacent to an activating group) is 2. The van der Waals surface area contributed by atoms with Gasteiger partial charge in [-0.2, -0.15) is 0 Å². The van der Waals surface area contributed by atoms with Gasteiger partial charge in [0.15, 0.2) is 0 Å². The third kappa shape index (κ3) is 17.0. The predicted octanol–water partition coefficient (Wildman–Crippen LogP) is 2.95. The van der Waals surface area contributed by atoms with Gasteiger partial charge in [0.25, 0.3) is 0 Å². The van der Waals surface area contributed by atoms with E-state index in [-0.39, 0.29) is 30.8 Å². The summed E-state index contributed by atoms with van der Waals surface area (Å²) >= 11 is 0. The SMILES string of the molecule is CCNC(=O)COCC(N)CC.CN(C=O)C(Cc1ccc(F)cc1)C(=O)NC(CCCCN)C(N)=O.Cc1ccc2ccccc2c1. The maximum atomic E-state index is 13.0. The molecule has 0 saturated heterocycles. The number of unbranched alkanes of at least 4 members (excludes halogenated alkanes) is 1.